The lowest BCUT2D eigenvalue weighted by atomic mass is 10.1. The van der Waals surface area contributed by atoms with Gasteiger partial charge in [-0.05, 0) is 36.6 Å². The van der Waals surface area contributed by atoms with E-state index in [9.17, 15) is 14.7 Å². The van der Waals surface area contributed by atoms with Crippen molar-refractivity contribution in [2.75, 3.05) is 5.32 Å². The molecule has 6 nitrogen and oxygen atoms in total. The maximum Gasteiger partial charge on any atom is 0.321 e. The first kappa shape index (κ1) is 17.7. The van der Waals surface area contributed by atoms with E-state index in [1.807, 2.05) is 32.0 Å². The molecule has 0 fully saturated rings. The molecule has 0 aliphatic rings. The summed E-state index contributed by atoms with van der Waals surface area (Å²) in [4.78, 5) is 23.6. The van der Waals surface area contributed by atoms with Crippen LogP contribution in [-0.2, 0) is 22.6 Å². The van der Waals surface area contributed by atoms with Crippen LogP contribution in [0.5, 0.6) is 0 Å². The van der Waals surface area contributed by atoms with Gasteiger partial charge in [0, 0.05) is 5.69 Å². The quantitative estimate of drug-likeness (QED) is 0.692. The van der Waals surface area contributed by atoms with Gasteiger partial charge in [-0.1, -0.05) is 25.1 Å². The molecule has 0 saturated heterocycles. The SMILES string of the molecule is CCc1cccc(C)c1NC(=O)CC(NCc1ccco1)C(=O)O. The molecule has 1 atom stereocenters. The van der Waals surface area contributed by atoms with Gasteiger partial charge < -0.3 is 14.8 Å². The summed E-state index contributed by atoms with van der Waals surface area (Å²) in [6.07, 6.45) is 2.15. The molecule has 1 unspecified atom stereocenters. The van der Waals surface area contributed by atoms with Crippen molar-refractivity contribution in [3.8, 4) is 0 Å². The number of nitrogens with one attached hydrogen (secondary N) is 2. The van der Waals surface area contributed by atoms with Gasteiger partial charge in [0.05, 0.1) is 19.2 Å². The van der Waals surface area contributed by atoms with E-state index in [0.29, 0.717) is 5.76 Å². The van der Waals surface area contributed by atoms with Crippen LogP contribution in [0.4, 0.5) is 5.69 Å². The highest BCUT2D eigenvalue weighted by Crippen LogP contribution is 2.21. The Kier molecular flexibility index (Phi) is 6.14. The van der Waals surface area contributed by atoms with E-state index in [4.69, 9.17) is 4.42 Å². The van der Waals surface area contributed by atoms with Gasteiger partial charge in [-0.3, -0.25) is 14.9 Å². The summed E-state index contributed by atoms with van der Waals surface area (Å²) in [6, 6.07) is 8.29. The highest BCUT2D eigenvalue weighted by Gasteiger charge is 2.21. The first-order valence-corrected chi connectivity index (χ1v) is 7.88. The van der Waals surface area contributed by atoms with Crippen LogP contribution >= 0.6 is 0 Å². The van der Waals surface area contributed by atoms with Crippen molar-refractivity contribution in [2.45, 2.75) is 39.3 Å². The van der Waals surface area contributed by atoms with Gasteiger partial charge in [0.25, 0.3) is 0 Å². The lowest BCUT2D eigenvalue weighted by Gasteiger charge is -2.16. The Morgan fingerprint density at radius 3 is 2.67 bits per heavy atom. The third-order valence-electron chi connectivity index (χ3n) is 3.79. The van der Waals surface area contributed by atoms with Crippen molar-refractivity contribution < 1.29 is 19.1 Å². The molecule has 2 aromatic rings. The largest absolute Gasteiger partial charge is 0.480 e. The fraction of sp³-hybridized carbons (Fsp3) is 0.333. The Balaban J connectivity index is 1.99. The molecule has 0 spiro atoms. The highest BCUT2D eigenvalue weighted by molar-refractivity contribution is 5.95. The van der Waals surface area contributed by atoms with Crippen LogP contribution in [0.2, 0.25) is 0 Å². The van der Waals surface area contributed by atoms with E-state index in [0.717, 1.165) is 23.2 Å². The molecule has 0 saturated carbocycles. The Labute approximate surface area is 140 Å². The predicted octanol–water partition coefficient (Wildman–Crippen LogP) is 2.72. The van der Waals surface area contributed by atoms with Gasteiger partial charge in [-0.25, -0.2) is 0 Å². The van der Waals surface area contributed by atoms with Gasteiger partial charge >= 0.3 is 5.97 Å². The Bertz CT molecular complexity index is 695. The second-order valence-electron chi connectivity index (χ2n) is 5.57. The second kappa shape index (κ2) is 8.31. The topological polar surface area (TPSA) is 91.6 Å². The van der Waals surface area contributed by atoms with Crippen molar-refractivity contribution in [1.29, 1.82) is 0 Å². The average molecular weight is 330 g/mol. The number of carbonyl (C=O) groups is 2. The van der Waals surface area contributed by atoms with Gasteiger partial charge in [0.15, 0.2) is 0 Å². The standard InChI is InChI=1S/C18H22N2O4/c1-3-13-7-4-6-12(2)17(13)20-16(21)10-15(18(22)23)19-11-14-8-5-9-24-14/h4-9,15,19H,3,10-11H2,1-2H3,(H,20,21)(H,22,23). The Hall–Kier alpha value is -2.60. The summed E-state index contributed by atoms with van der Waals surface area (Å²) in [6.45, 7) is 4.18. The Morgan fingerprint density at radius 1 is 1.25 bits per heavy atom. The van der Waals surface area contributed by atoms with E-state index < -0.39 is 12.0 Å². The predicted molar refractivity (Wildman–Crippen MR) is 90.8 cm³/mol. The number of aliphatic carboxylic acids is 1. The second-order valence-corrected chi connectivity index (χ2v) is 5.57. The molecule has 2 rings (SSSR count). The fourth-order valence-corrected chi connectivity index (χ4v) is 2.46. The van der Waals surface area contributed by atoms with E-state index in [1.165, 1.54) is 6.26 Å². The lowest BCUT2D eigenvalue weighted by Crippen LogP contribution is -2.39. The van der Waals surface area contributed by atoms with E-state index >= 15 is 0 Å². The maximum absolute atomic E-state index is 12.3. The van der Waals surface area contributed by atoms with Crippen LogP contribution in [0.1, 0.15) is 30.2 Å². The monoisotopic (exact) mass is 330 g/mol. The lowest BCUT2D eigenvalue weighted by molar-refractivity contribution is -0.141. The fourth-order valence-electron chi connectivity index (χ4n) is 2.46. The third-order valence-corrected chi connectivity index (χ3v) is 3.79. The number of hydrogen-bond donors (Lipinski definition) is 3. The molecule has 0 bridgehead atoms. The number of carbonyl (C=O) groups excluding carboxylic acids is 1. The molecule has 1 aromatic carbocycles. The molecule has 128 valence electrons. The van der Waals surface area contributed by atoms with Crippen molar-refractivity contribution in [1.82, 2.24) is 5.32 Å². The zero-order valence-electron chi connectivity index (χ0n) is 13.8. The van der Waals surface area contributed by atoms with Crippen LogP contribution < -0.4 is 10.6 Å². The van der Waals surface area contributed by atoms with Gasteiger partial charge in [-0.2, -0.15) is 0 Å². The van der Waals surface area contributed by atoms with Crippen LogP contribution in [0.3, 0.4) is 0 Å². The van der Waals surface area contributed by atoms with Crippen molar-refractivity contribution >= 4 is 17.6 Å². The molecule has 0 aliphatic heterocycles. The van der Waals surface area contributed by atoms with Crippen LogP contribution in [-0.4, -0.2) is 23.0 Å². The summed E-state index contributed by atoms with van der Waals surface area (Å²) >= 11 is 0. The van der Waals surface area contributed by atoms with Crippen LogP contribution in [0.15, 0.2) is 41.0 Å². The molecule has 0 aliphatic carbocycles. The average Bonchev–Trinajstić information content (AvgIpc) is 3.06. The number of amides is 1. The zero-order valence-corrected chi connectivity index (χ0v) is 13.8. The minimum Gasteiger partial charge on any atom is -0.480 e. The summed E-state index contributed by atoms with van der Waals surface area (Å²) in [7, 11) is 0. The normalized spacial score (nSPS) is 11.9. The van der Waals surface area contributed by atoms with Crippen molar-refractivity contribution in [2.24, 2.45) is 0 Å². The molecule has 1 amide bonds. The number of hydrogen-bond acceptors (Lipinski definition) is 4. The summed E-state index contributed by atoms with van der Waals surface area (Å²) < 4.78 is 5.15. The van der Waals surface area contributed by atoms with Crippen LogP contribution in [0, 0.1) is 6.92 Å². The number of benzene rings is 1. The number of furan rings is 1. The van der Waals surface area contributed by atoms with Gasteiger partial charge in [0.2, 0.25) is 5.91 Å². The number of rotatable bonds is 8. The number of carboxylic acid groups (broad SMARTS) is 1. The first-order valence-electron chi connectivity index (χ1n) is 7.88. The molecule has 3 N–H and O–H groups in total. The number of para-hydroxylation sites is 1. The molecule has 1 heterocycles. The minimum atomic E-state index is -1.07. The Morgan fingerprint density at radius 2 is 2.04 bits per heavy atom. The maximum atomic E-state index is 12.3. The number of aryl methyl sites for hydroxylation is 2. The first-order chi connectivity index (χ1) is 11.5. The molecular weight excluding hydrogens is 308 g/mol. The van der Waals surface area contributed by atoms with Gasteiger partial charge in [-0.15, -0.1) is 0 Å². The smallest absolute Gasteiger partial charge is 0.321 e. The summed E-state index contributed by atoms with van der Waals surface area (Å²) in [5.74, 6) is -0.788. The molecule has 0 radical (unpaired) electrons. The molecule has 6 heteroatoms. The summed E-state index contributed by atoms with van der Waals surface area (Å²) in [5.41, 5.74) is 2.75. The van der Waals surface area contributed by atoms with Gasteiger partial charge in [0.1, 0.15) is 11.8 Å². The van der Waals surface area contributed by atoms with Crippen molar-refractivity contribution in [3.05, 3.63) is 53.5 Å². The third kappa shape index (κ3) is 4.70. The van der Waals surface area contributed by atoms with E-state index in [2.05, 4.69) is 10.6 Å². The number of carboxylic acids is 1. The zero-order chi connectivity index (χ0) is 17.5. The van der Waals surface area contributed by atoms with E-state index in [-0.39, 0.29) is 18.9 Å². The number of anilines is 1. The minimum absolute atomic E-state index is 0.159. The molecule has 24 heavy (non-hydrogen) atoms. The van der Waals surface area contributed by atoms with E-state index in [1.54, 1.807) is 12.1 Å². The highest BCUT2D eigenvalue weighted by atomic mass is 16.4. The van der Waals surface area contributed by atoms with Crippen LogP contribution in [0.25, 0.3) is 0 Å². The summed E-state index contributed by atoms with van der Waals surface area (Å²) in [5, 5.41) is 15.0. The van der Waals surface area contributed by atoms with Crippen molar-refractivity contribution in [3.63, 3.8) is 0 Å². The molecular formula is C18H22N2O4. The molecule has 1 aromatic heterocycles.